The number of nitrogens with zero attached hydrogens (tertiary/aromatic N) is 3. The first-order valence-corrected chi connectivity index (χ1v) is 6.98. The first-order valence-electron chi connectivity index (χ1n) is 6.19. The van der Waals surface area contributed by atoms with Gasteiger partial charge >= 0.3 is 6.09 Å². The summed E-state index contributed by atoms with van der Waals surface area (Å²) in [7, 11) is 3.66. The maximum Gasteiger partial charge on any atom is 0.410 e. The summed E-state index contributed by atoms with van der Waals surface area (Å²) >= 11 is 3.44. The van der Waals surface area contributed by atoms with Crippen LogP contribution in [0.25, 0.3) is 0 Å². The molecule has 108 valence electrons. The highest BCUT2D eigenvalue weighted by atomic mass is 79.9. The number of aromatic nitrogens is 2. The summed E-state index contributed by atoms with van der Waals surface area (Å²) in [6.07, 6.45) is -0.342. The number of ether oxygens (including phenoxy) is 1. The van der Waals surface area contributed by atoms with Gasteiger partial charge in [-0.15, -0.1) is 0 Å². The maximum atomic E-state index is 12.1. The number of halogens is 1. The van der Waals surface area contributed by atoms with E-state index in [-0.39, 0.29) is 12.1 Å². The predicted molar refractivity (Wildman–Crippen MR) is 78.1 cm³/mol. The minimum atomic E-state index is -0.495. The third-order valence-corrected chi connectivity index (χ3v) is 3.56. The molecular weight excluding hydrogens is 310 g/mol. The number of aryl methyl sites for hydroxylation is 1. The second-order valence-electron chi connectivity index (χ2n) is 5.66. The van der Waals surface area contributed by atoms with E-state index in [2.05, 4.69) is 20.9 Å². The van der Waals surface area contributed by atoms with Gasteiger partial charge in [0.2, 0.25) is 0 Å². The van der Waals surface area contributed by atoms with Gasteiger partial charge in [0.05, 0.1) is 11.7 Å². The topological polar surface area (TPSA) is 47.4 Å². The van der Waals surface area contributed by atoms with Gasteiger partial charge in [-0.3, -0.25) is 0 Å². The number of hydrogen-bond donors (Lipinski definition) is 0. The van der Waals surface area contributed by atoms with Crippen molar-refractivity contribution in [1.29, 1.82) is 0 Å². The van der Waals surface area contributed by atoms with Gasteiger partial charge in [-0.1, -0.05) is 0 Å². The maximum absolute atomic E-state index is 12.1. The summed E-state index contributed by atoms with van der Waals surface area (Å²) in [5.74, 6) is 0.895. The summed E-state index contributed by atoms with van der Waals surface area (Å²) in [4.78, 5) is 18.0. The van der Waals surface area contributed by atoms with Crippen molar-refractivity contribution in [1.82, 2.24) is 14.5 Å². The lowest BCUT2D eigenvalue weighted by molar-refractivity contribution is 0.0228. The van der Waals surface area contributed by atoms with Crippen LogP contribution in [0.1, 0.15) is 45.3 Å². The fourth-order valence-electron chi connectivity index (χ4n) is 1.72. The minimum absolute atomic E-state index is 0.129. The second kappa shape index (κ2) is 5.53. The Morgan fingerprint density at radius 2 is 2.00 bits per heavy atom. The number of imidazole rings is 1. The molecule has 0 bridgehead atoms. The highest BCUT2D eigenvalue weighted by Crippen LogP contribution is 2.27. The molecule has 0 aliphatic carbocycles. The van der Waals surface area contributed by atoms with E-state index in [1.807, 2.05) is 46.2 Å². The first-order chi connectivity index (χ1) is 8.54. The number of carbonyl (C=O) groups is 1. The summed E-state index contributed by atoms with van der Waals surface area (Å²) in [5.41, 5.74) is 0.455. The van der Waals surface area contributed by atoms with Crippen molar-refractivity contribution in [2.24, 2.45) is 7.05 Å². The molecule has 0 aliphatic heterocycles. The molecule has 1 heterocycles. The highest BCUT2D eigenvalue weighted by Gasteiger charge is 2.27. The fourth-order valence-corrected chi connectivity index (χ4v) is 2.57. The van der Waals surface area contributed by atoms with Crippen LogP contribution in [0.5, 0.6) is 0 Å². The Balaban J connectivity index is 2.94. The Kier molecular flexibility index (Phi) is 4.66. The summed E-state index contributed by atoms with van der Waals surface area (Å²) in [6, 6.07) is -0.129. The van der Waals surface area contributed by atoms with Crippen LogP contribution in [-0.2, 0) is 11.8 Å². The van der Waals surface area contributed by atoms with Gasteiger partial charge in [0.15, 0.2) is 0 Å². The molecule has 5 nitrogen and oxygen atoms in total. The first kappa shape index (κ1) is 16.0. The van der Waals surface area contributed by atoms with Crippen LogP contribution in [0.2, 0.25) is 0 Å². The largest absolute Gasteiger partial charge is 0.444 e. The average molecular weight is 332 g/mol. The Morgan fingerprint density at radius 3 is 2.37 bits per heavy atom. The molecule has 0 aliphatic rings. The molecule has 0 saturated carbocycles. The molecule has 0 saturated heterocycles. The van der Waals surface area contributed by atoms with E-state index in [4.69, 9.17) is 4.74 Å². The van der Waals surface area contributed by atoms with Crippen molar-refractivity contribution in [3.63, 3.8) is 0 Å². The van der Waals surface area contributed by atoms with Crippen molar-refractivity contribution < 1.29 is 9.53 Å². The lowest BCUT2D eigenvalue weighted by Gasteiger charge is -2.29. The Hall–Kier alpha value is -1.04. The lowest BCUT2D eigenvalue weighted by atomic mass is 10.2. The van der Waals surface area contributed by atoms with Gasteiger partial charge in [0, 0.05) is 14.1 Å². The van der Waals surface area contributed by atoms with Crippen molar-refractivity contribution in [3.05, 3.63) is 16.1 Å². The Morgan fingerprint density at radius 1 is 1.47 bits per heavy atom. The van der Waals surface area contributed by atoms with Crippen LogP contribution in [-0.4, -0.2) is 33.2 Å². The van der Waals surface area contributed by atoms with E-state index in [0.29, 0.717) is 0 Å². The van der Waals surface area contributed by atoms with Crippen molar-refractivity contribution in [2.75, 3.05) is 7.05 Å². The van der Waals surface area contributed by atoms with Crippen molar-refractivity contribution >= 4 is 22.0 Å². The normalized spacial score (nSPS) is 13.3. The molecule has 0 radical (unpaired) electrons. The van der Waals surface area contributed by atoms with E-state index in [9.17, 15) is 4.79 Å². The molecule has 0 fully saturated rings. The van der Waals surface area contributed by atoms with E-state index in [0.717, 1.165) is 16.1 Å². The van der Waals surface area contributed by atoms with Crippen LogP contribution in [0.4, 0.5) is 4.79 Å². The van der Waals surface area contributed by atoms with Crippen LogP contribution >= 0.6 is 15.9 Å². The molecule has 1 amide bonds. The van der Waals surface area contributed by atoms with Gasteiger partial charge < -0.3 is 14.2 Å². The number of carbonyl (C=O) groups excluding carboxylic acids is 1. The van der Waals surface area contributed by atoms with Gasteiger partial charge in [-0.2, -0.15) is 0 Å². The SMILES string of the molecule is Cc1nc(Br)c(C(C)N(C)C(=O)OC(C)(C)C)n1C. The van der Waals surface area contributed by atoms with E-state index < -0.39 is 5.60 Å². The van der Waals surface area contributed by atoms with Gasteiger partial charge in [-0.05, 0) is 50.5 Å². The van der Waals surface area contributed by atoms with Crippen molar-refractivity contribution in [2.45, 2.75) is 46.3 Å². The van der Waals surface area contributed by atoms with Gasteiger partial charge in [0.25, 0.3) is 0 Å². The second-order valence-corrected chi connectivity index (χ2v) is 6.41. The van der Waals surface area contributed by atoms with Crippen LogP contribution in [0.15, 0.2) is 4.60 Å². The number of rotatable bonds is 2. The van der Waals surface area contributed by atoms with E-state index in [1.54, 1.807) is 11.9 Å². The molecule has 0 spiro atoms. The monoisotopic (exact) mass is 331 g/mol. The molecule has 1 unspecified atom stereocenters. The van der Waals surface area contributed by atoms with E-state index in [1.165, 1.54) is 0 Å². The smallest absolute Gasteiger partial charge is 0.410 e. The standard InChI is InChI=1S/C13H22BrN3O2/c1-8(10-11(14)15-9(2)17(10)7)16(6)12(18)19-13(3,4)5/h8H,1-7H3. The summed E-state index contributed by atoms with van der Waals surface area (Å²) < 4.78 is 8.10. The van der Waals surface area contributed by atoms with Crippen molar-refractivity contribution in [3.8, 4) is 0 Å². The van der Waals surface area contributed by atoms with Crippen LogP contribution < -0.4 is 0 Å². The van der Waals surface area contributed by atoms with Gasteiger partial charge in [-0.25, -0.2) is 9.78 Å². The zero-order valence-corrected chi connectivity index (χ0v) is 14.2. The zero-order valence-electron chi connectivity index (χ0n) is 12.6. The fraction of sp³-hybridized carbons (Fsp3) is 0.692. The highest BCUT2D eigenvalue weighted by molar-refractivity contribution is 9.10. The Bertz CT molecular complexity index is 477. The number of hydrogen-bond acceptors (Lipinski definition) is 3. The zero-order chi connectivity index (χ0) is 15.0. The molecule has 6 heteroatoms. The van der Waals surface area contributed by atoms with E-state index >= 15 is 0 Å². The average Bonchev–Trinajstić information content (AvgIpc) is 2.49. The summed E-state index contributed by atoms with van der Waals surface area (Å²) in [5, 5.41) is 0. The lowest BCUT2D eigenvalue weighted by Crippen LogP contribution is -2.36. The predicted octanol–water partition coefficient (Wildman–Crippen LogP) is 3.42. The molecule has 1 aromatic heterocycles. The molecule has 1 aromatic rings. The third-order valence-electron chi connectivity index (χ3n) is 2.98. The minimum Gasteiger partial charge on any atom is -0.444 e. The summed E-state index contributed by atoms with van der Waals surface area (Å²) in [6.45, 7) is 9.44. The molecular formula is C13H22BrN3O2. The molecule has 1 atom stereocenters. The third kappa shape index (κ3) is 3.72. The van der Waals surface area contributed by atoms with Crippen LogP contribution in [0, 0.1) is 6.92 Å². The Labute approximate surface area is 123 Å². The molecule has 19 heavy (non-hydrogen) atoms. The molecule has 1 rings (SSSR count). The molecule has 0 N–H and O–H groups in total. The quantitative estimate of drug-likeness (QED) is 0.834. The van der Waals surface area contributed by atoms with Crippen LogP contribution in [0.3, 0.4) is 0 Å². The van der Waals surface area contributed by atoms with Gasteiger partial charge in [0.1, 0.15) is 16.0 Å². The number of amides is 1. The molecule has 0 aromatic carbocycles.